The average molecular weight is 267 g/mol. The molecule has 0 unspecified atom stereocenters. The van der Waals surface area contributed by atoms with Gasteiger partial charge in [-0.2, -0.15) is 0 Å². The number of oxime groups is 1. The summed E-state index contributed by atoms with van der Waals surface area (Å²) >= 11 is 0. The van der Waals surface area contributed by atoms with Gasteiger partial charge in [0.05, 0.1) is 6.21 Å². The molecule has 20 heavy (non-hydrogen) atoms. The Balaban J connectivity index is 2.00. The Morgan fingerprint density at radius 1 is 1.25 bits per heavy atom. The van der Waals surface area contributed by atoms with Gasteiger partial charge in [0.1, 0.15) is 5.82 Å². The van der Waals surface area contributed by atoms with E-state index in [-0.39, 0.29) is 0 Å². The van der Waals surface area contributed by atoms with Gasteiger partial charge in [0.25, 0.3) is 0 Å². The van der Waals surface area contributed by atoms with Crippen LogP contribution in [-0.2, 0) is 6.42 Å². The van der Waals surface area contributed by atoms with Gasteiger partial charge in [0, 0.05) is 23.5 Å². The van der Waals surface area contributed by atoms with E-state index in [2.05, 4.69) is 39.3 Å². The molecule has 1 aromatic heterocycles. The number of rotatable bonds is 2. The molecule has 1 aliphatic rings. The van der Waals surface area contributed by atoms with Crippen LogP contribution in [0.1, 0.15) is 23.2 Å². The molecule has 2 heterocycles. The van der Waals surface area contributed by atoms with Crippen LogP contribution in [-0.4, -0.2) is 23.0 Å². The number of pyridine rings is 1. The largest absolute Gasteiger partial charge is 0.411 e. The number of para-hydroxylation sites is 1. The Morgan fingerprint density at radius 2 is 2.10 bits per heavy atom. The summed E-state index contributed by atoms with van der Waals surface area (Å²) in [5, 5.41) is 11.7. The van der Waals surface area contributed by atoms with E-state index in [0.29, 0.717) is 0 Å². The molecule has 1 N–H and O–H groups in total. The summed E-state index contributed by atoms with van der Waals surface area (Å²) < 4.78 is 0. The van der Waals surface area contributed by atoms with E-state index in [1.807, 2.05) is 19.1 Å². The van der Waals surface area contributed by atoms with Crippen molar-refractivity contribution >= 4 is 17.7 Å². The first-order chi connectivity index (χ1) is 9.79. The second-order valence-electron chi connectivity index (χ2n) is 4.97. The average Bonchev–Trinajstić information content (AvgIpc) is 2.49. The van der Waals surface area contributed by atoms with Crippen LogP contribution in [0.2, 0.25) is 0 Å². The van der Waals surface area contributed by atoms with E-state index in [9.17, 15) is 0 Å². The van der Waals surface area contributed by atoms with Crippen LogP contribution in [0, 0.1) is 6.92 Å². The fourth-order valence-corrected chi connectivity index (χ4v) is 2.68. The molecular formula is C16H17N3O. The van der Waals surface area contributed by atoms with Crippen molar-refractivity contribution in [1.29, 1.82) is 0 Å². The number of hydrogen-bond donors (Lipinski definition) is 1. The second kappa shape index (κ2) is 5.33. The third kappa shape index (κ3) is 2.25. The fraction of sp³-hybridized carbons (Fsp3) is 0.250. The van der Waals surface area contributed by atoms with Crippen LogP contribution in [0.5, 0.6) is 0 Å². The minimum Gasteiger partial charge on any atom is -0.411 e. The van der Waals surface area contributed by atoms with Gasteiger partial charge in [-0.15, -0.1) is 0 Å². The van der Waals surface area contributed by atoms with Crippen LogP contribution in [0.3, 0.4) is 0 Å². The fourth-order valence-electron chi connectivity index (χ4n) is 2.68. The summed E-state index contributed by atoms with van der Waals surface area (Å²) in [6.07, 6.45) is 3.68. The van der Waals surface area contributed by atoms with Crippen LogP contribution < -0.4 is 4.90 Å². The van der Waals surface area contributed by atoms with Crippen LogP contribution in [0.4, 0.5) is 11.5 Å². The molecule has 0 saturated heterocycles. The van der Waals surface area contributed by atoms with Crippen molar-refractivity contribution in [2.45, 2.75) is 19.8 Å². The molecule has 4 heteroatoms. The SMILES string of the molecule is Cc1nc(N2CCCc3ccccc32)ccc1/C=N\O. The maximum absolute atomic E-state index is 8.62. The third-order valence-electron chi connectivity index (χ3n) is 3.70. The lowest BCUT2D eigenvalue weighted by Crippen LogP contribution is -2.25. The number of fused-ring (bicyclic) bond motifs is 1. The highest BCUT2D eigenvalue weighted by Crippen LogP contribution is 2.32. The predicted molar refractivity (Wildman–Crippen MR) is 80.1 cm³/mol. The molecule has 0 radical (unpaired) electrons. The summed E-state index contributed by atoms with van der Waals surface area (Å²) in [6.45, 7) is 2.91. The Kier molecular flexibility index (Phi) is 3.37. The van der Waals surface area contributed by atoms with Crippen LogP contribution >= 0.6 is 0 Å². The van der Waals surface area contributed by atoms with Crippen molar-refractivity contribution in [2.24, 2.45) is 5.16 Å². The highest BCUT2D eigenvalue weighted by Gasteiger charge is 2.18. The van der Waals surface area contributed by atoms with Gasteiger partial charge in [-0.1, -0.05) is 23.4 Å². The first kappa shape index (κ1) is 12.7. The summed E-state index contributed by atoms with van der Waals surface area (Å²) in [6, 6.07) is 12.4. The van der Waals surface area contributed by atoms with Gasteiger partial charge in [-0.25, -0.2) is 4.98 Å². The van der Waals surface area contributed by atoms with Crippen molar-refractivity contribution in [3.8, 4) is 0 Å². The summed E-state index contributed by atoms with van der Waals surface area (Å²) in [5.74, 6) is 0.949. The molecule has 0 atom stereocenters. The van der Waals surface area contributed by atoms with E-state index in [0.717, 1.165) is 36.5 Å². The lowest BCUT2D eigenvalue weighted by atomic mass is 10.0. The molecule has 102 valence electrons. The maximum Gasteiger partial charge on any atom is 0.133 e. The summed E-state index contributed by atoms with van der Waals surface area (Å²) in [7, 11) is 0. The zero-order valence-corrected chi connectivity index (χ0v) is 11.5. The normalized spacial score (nSPS) is 14.6. The van der Waals surface area contributed by atoms with Gasteiger partial charge < -0.3 is 10.1 Å². The molecule has 1 aliphatic heterocycles. The van der Waals surface area contributed by atoms with Crippen molar-refractivity contribution < 1.29 is 5.21 Å². The number of aryl methyl sites for hydroxylation is 2. The van der Waals surface area contributed by atoms with Gasteiger partial charge in [0.15, 0.2) is 0 Å². The molecule has 2 aromatic rings. The number of nitrogens with zero attached hydrogens (tertiary/aromatic N) is 3. The minimum atomic E-state index is 0.835. The summed E-state index contributed by atoms with van der Waals surface area (Å²) in [5.41, 5.74) is 4.32. The van der Waals surface area contributed by atoms with Gasteiger partial charge in [-0.3, -0.25) is 0 Å². The standard InChI is InChI=1S/C16H17N3O/c1-12-14(11-17-20)8-9-16(18-12)19-10-4-6-13-5-2-3-7-15(13)19/h2-3,5,7-9,11,20H,4,6,10H2,1H3/b17-11-. The molecule has 0 fully saturated rings. The van der Waals surface area contributed by atoms with Gasteiger partial charge in [-0.05, 0) is 43.5 Å². The van der Waals surface area contributed by atoms with E-state index >= 15 is 0 Å². The number of benzene rings is 1. The van der Waals surface area contributed by atoms with Crippen molar-refractivity contribution in [3.05, 3.63) is 53.2 Å². The molecule has 0 spiro atoms. The molecule has 0 aliphatic carbocycles. The first-order valence-corrected chi connectivity index (χ1v) is 6.80. The van der Waals surface area contributed by atoms with Crippen molar-refractivity contribution in [2.75, 3.05) is 11.4 Å². The van der Waals surface area contributed by atoms with Crippen molar-refractivity contribution in [3.63, 3.8) is 0 Å². The van der Waals surface area contributed by atoms with E-state index in [1.165, 1.54) is 17.5 Å². The van der Waals surface area contributed by atoms with Gasteiger partial charge in [0.2, 0.25) is 0 Å². The molecule has 4 nitrogen and oxygen atoms in total. The van der Waals surface area contributed by atoms with Crippen LogP contribution in [0.25, 0.3) is 0 Å². The Morgan fingerprint density at radius 3 is 2.90 bits per heavy atom. The number of anilines is 2. The molecule has 3 rings (SSSR count). The first-order valence-electron chi connectivity index (χ1n) is 6.80. The van der Waals surface area contributed by atoms with Gasteiger partial charge >= 0.3 is 0 Å². The number of hydrogen-bond acceptors (Lipinski definition) is 4. The molecule has 0 amide bonds. The Hall–Kier alpha value is -2.36. The monoisotopic (exact) mass is 267 g/mol. The molecule has 1 aromatic carbocycles. The maximum atomic E-state index is 8.62. The minimum absolute atomic E-state index is 0.835. The molecule has 0 saturated carbocycles. The van der Waals surface area contributed by atoms with Crippen LogP contribution in [0.15, 0.2) is 41.6 Å². The second-order valence-corrected chi connectivity index (χ2v) is 4.97. The van der Waals surface area contributed by atoms with Crippen molar-refractivity contribution in [1.82, 2.24) is 4.98 Å². The smallest absolute Gasteiger partial charge is 0.133 e. The lowest BCUT2D eigenvalue weighted by Gasteiger charge is -2.30. The third-order valence-corrected chi connectivity index (χ3v) is 3.70. The zero-order chi connectivity index (χ0) is 13.9. The topological polar surface area (TPSA) is 48.7 Å². The highest BCUT2D eigenvalue weighted by atomic mass is 16.4. The Bertz CT molecular complexity index is 652. The van der Waals surface area contributed by atoms with E-state index in [1.54, 1.807) is 0 Å². The summed E-state index contributed by atoms with van der Waals surface area (Å²) in [4.78, 5) is 6.89. The molecule has 0 bridgehead atoms. The quantitative estimate of drug-likeness (QED) is 0.516. The predicted octanol–water partition coefficient (Wildman–Crippen LogP) is 3.28. The van der Waals surface area contributed by atoms with E-state index in [4.69, 9.17) is 5.21 Å². The Labute approximate surface area is 118 Å². The lowest BCUT2D eigenvalue weighted by molar-refractivity contribution is 0.322. The highest BCUT2D eigenvalue weighted by molar-refractivity contribution is 5.81. The molecular weight excluding hydrogens is 250 g/mol. The van der Waals surface area contributed by atoms with E-state index < -0.39 is 0 Å². The number of aromatic nitrogens is 1. The zero-order valence-electron chi connectivity index (χ0n) is 11.5.